The van der Waals surface area contributed by atoms with Crippen molar-refractivity contribution in [1.29, 1.82) is 0 Å². The van der Waals surface area contributed by atoms with E-state index in [4.69, 9.17) is 0 Å². The third-order valence-corrected chi connectivity index (χ3v) is 5.13. The van der Waals surface area contributed by atoms with Crippen LogP contribution < -0.4 is 5.32 Å². The van der Waals surface area contributed by atoms with Gasteiger partial charge in [0.25, 0.3) is 5.91 Å². The second-order valence-electron chi connectivity index (χ2n) is 6.35. The Bertz CT molecular complexity index is 881. The SMILES string of the molecule is CC(=O)c1cc(C(=O)N2CCC(O)C2)c(Nc2ccc(I)cc2F)n1C. The van der Waals surface area contributed by atoms with Crippen molar-refractivity contribution in [2.75, 3.05) is 18.4 Å². The van der Waals surface area contributed by atoms with Crippen molar-refractivity contribution in [2.45, 2.75) is 19.4 Å². The number of halogens is 2. The maximum atomic E-state index is 14.2. The van der Waals surface area contributed by atoms with Gasteiger partial charge in [0.05, 0.1) is 23.0 Å². The summed E-state index contributed by atoms with van der Waals surface area (Å²) >= 11 is 2.02. The number of amides is 1. The van der Waals surface area contributed by atoms with Gasteiger partial charge in [0.2, 0.25) is 0 Å². The fraction of sp³-hybridized carbons (Fsp3) is 0.333. The van der Waals surface area contributed by atoms with Crippen molar-refractivity contribution in [3.8, 4) is 0 Å². The molecule has 0 saturated carbocycles. The van der Waals surface area contributed by atoms with E-state index in [0.717, 1.165) is 3.57 Å². The minimum Gasteiger partial charge on any atom is -0.391 e. The van der Waals surface area contributed by atoms with Gasteiger partial charge in [-0.05, 0) is 53.3 Å². The van der Waals surface area contributed by atoms with Crippen LogP contribution in [0.3, 0.4) is 0 Å². The van der Waals surface area contributed by atoms with Gasteiger partial charge in [-0.3, -0.25) is 9.59 Å². The number of nitrogens with one attached hydrogen (secondary N) is 1. The van der Waals surface area contributed by atoms with Gasteiger partial charge in [0, 0.05) is 30.6 Å². The number of anilines is 2. The number of carbonyl (C=O) groups is 2. The van der Waals surface area contributed by atoms with Crippen LogP contribution in [0.4, 0.5) is 15.9 Å². The number of β-amino-alcohol motifs (C(OH)–C–C–N with tert-alkyl or cyclic N) is 1. The number of likely N-dealkylation sites (tertiary alicyclic amines) is 1. The van der Waals surface area contributed by atoms with Crippen molar-refractivity contribution in [3.63, 3.8) is 0 Å². The molecule has 1 aliphatic rings. The molecule has 2 aromatic rings. The zero-order valence-electron chi connectivity index (χ0n) is 14.4. The molecule has 3 rings (SSSR count). The lowest BCUT2D eigenvalue weighted by atomic mass is 10.2. The molecule has 1 aliphatic heterocycles. The van der Waals surface area contributed by atoms with E-state index in [1.807, 2.05) is 22.6 Å². The standard InChI is InChI=1S/C18H19FIN3O3/c1-10(24)16-8-13(18(26)23-6-5-12(25)9-23)17(22(16)2)21-15-4-3-11(20)7-14(15)19/h3-4,7-8,12,21,25H,5-6,9H2,1-2H3. The predicted molar refractivity (Wildman–Crippen MR) is 104 cm³/mol. The van der Waals surface area contributed by atoms with Gasteiger partial charge in [0.15, 0.2) is 5.78 Å². The third kappa shape index (κ3) is 3.61. The normalized spacial score (nSPS) is 16.8. The van der Waals surface area contributed by atoms with Crippen LogP contribution in [0.2, 0.25) is 0 Å². The number of aliphatic hydroxyl groups excluding tert-OH is 1. The number of carbonyl (C=O) groups excluding carboxylic acids is 2. The average molecular weight is 471 g/mol. The summed E-state index contributed by atoms with van der Waals surface area (Å²) in [5, 5.41) is 12.6. The van der Waals surface area contributed by atoms with Crippen LogP contribution in [-0.4, -0.2) is 45.5 Å². The summed E-state index contributed by atoms with van der Waals surface area (Å²) in [7, 11) is 1.65. The molecule has 1 atom stereocenters. The van der Waals surface area contributed by atoms with E-state index in [9.17, 15) is 19.1 Å². The highest BCUT2D eigenvalue weighted by Gasteiger charge is 2.29. The van der Waals surface area contributed by atoms with Crippen LogP contribution in [0.1, 0.15) is 34.2 Å². The highest BCUT2D eigenvalue weighted by Crippen LogP contribution is 2.29. The van der Waals surface area contributed by atoms with Crippen molar-refractivity contribution in [2.24, 2.45) is 7.05 Å². The van der Waals surface area contributed by atoms with Gasteiger partial charge < -0.3 is 19.9 Å². The molecular weight excluding hydrogens is 452 g/mol. The van der Waals surface area contributed by atoms with Crippen molar-refractivity contribution >= 4 is 45.8 Å². The predicted octanol–water partition coefficient (Wildman–Crippen LogP) is 2.92. The first-order chi connectivity index (χ1) is 12.3. The number of benzene rings is 1. The van der Waals surface area contributed by atoms with Crippen LogP contribution in [-0.2, 0) is 7.05 Å². The summed E-state index contributed by atoms with van der Waals surface area (Å²) in [6.45, 7) is 2.11. The van der Waals surface area contributed by atoms with E-state index in [1.165, 1.54) is 19.1 Å². The Labute approximate surface area is 164 Å². The number of aliphatic hydroxyl groups is 1. The Hall–Kier alpha value is -1.94. The molecule has 8 heteroatoms. The van der Waals surface area contributed by atoms with Gasteiger partial charge in [-0.1, -0.05) is 0 Å². The summed E-state index contributed by atoms with van der Waals surface area (Å²) in [4.78, 5) is 26.3. The molecule has 6 nitrogen and oxygen atoms in total. The quantitative estimate of drug-likeness (QED) is 0.532. The lowest BCUT2D eigenvalue weighted by Gasteiger charge is -2.17. The maximum absolute atomic E-state index is 14.2. The van der Waals surface area contributed by atoms with Crippen LogP contribution in [0.25, 0.3) is 0 Å². The molecule has 1 unspecified atom stereocenters. The molecule has 1 aromatic carbocycles. The van der Waals surface area contributed by atoms with E-state index in [2.05, 4.69) is 5.32 Å². The first kappa shape index (κ1) is 18.8. The molecule has 1 aromatic heterocycles. The average Bonchev–Trinajstić information content (AvgIpc) is 3.14. The monoisotopic (exact) mass is 471 g/mol. The fourth-order valence-electron chi connectivity index (χ4n) is 3.07. The molecule has 1 saturated heterocycles. The van der Waals surface area contributed by atoms with Crippen LogP contribution in [0, 0.1) is 9.39 Å². The molecule has 2 N–H and O–H groups in total. The van der Waals surface area contributed by atoms with E-state index >= 15 is 0 Å². The van der Waals surface area contributed by atoms with E-state index in [0.29, 0.717) is 24.5 Å². The molecule has 0 aliphatic carbocycles. The van der Waals surface area contributed by atoms with Crippen molar-refractivity contribution in [1.82, 2.24) is 9.47 Å². The second kappa shape index (κ2) is 7.36. The molecular formula is C18H19FIN3O3. The van der Waals surface area contributed by atoms with Gasteiger partial charge in [-0.2, -0.15) is 0 Å². The third-order valence-electron chi connectivity index (χ3n) is 4.46. The van der Waals surface area contributed by atoms with E-state index < -0.39 is 11.9 Å². The number of hydrogen-bond acceptors (Lipinski definition) is 4. The minimum absolute atomic E-state index is 0.195. The summed E-state index contributed by atoms with van der Waals surface area (Å²) in [6.07, 6.45) is -0.0212. The molecule has 26 heavy (non-hydrogen) atoms. The molecule has 138 valence electrons. The van der Waals surface area contributed by atoms with E-state index in [-0.39, 0.29) is 29.5 Å². The number of nitrogens with zero attached hydrogens (tertiary/aromatic N) is 2. The Balaban J connectivity index is 2.02. The first-order valence-corrected chi connectivity index (χ1v) is 9.26. The van der Waals surface area contributed by atoms with Crippen molar-refractivity contribution < 1.29 is 19.1 Å². The van der Waals surface area contributed by atoms with Crippen LogP contribution in [0.15, 0.2) is 24.3 Å². The number of rotatable bonds is 4. The Morgan fingerprint density at radius 1 is 1.35 bits per heavy atom. The first-order valence-electron chi connectivity index (χ1n) is 8.18. The van der Waals surface area contributed by atoms with Gasteiger partial charge in [-0.15, -0.1) is 0 Å². The molecule has 0 bridgehead atoms. The number of ketones is 1. The van der Waals surface area contributed by atoms with Gasteiger partial charge in [0.1, 0.15) is 11.6 Å². The topological polar surface area (TPSA) is 74.6 Å². The molecule has 0 spiro atoms. The minimum atomic E-state index is -0.542. The Morgan fingerprint density at radius 2 is 2.08 bits per heavy atom. The van der Waals surface area contributed by atoms with Crippen LogP contribution in [0.5, 0.6) is 0 Å². The lowest BCUT2D eigenvalue weighted by molar-refractivity contribution is 0.0766. The largest absolute Gasteiger partial charge is 0.391 e. The van der Waals surface area contributed by atoms with Crippen LogP contribution >= 0.6 is 22.6 Å². The lowest BCUT2D eigenvalue weighted by Crippen LogP contribution is -2.29. The summed E-state index contributed by atoms with van der Waals surface area (Å²) < 4.78 is 16.6. The highest BCUT2D eigenvalue weighted by molar-refractivity contribution is 14.1. The smallest absolute Gasteiger partial charge is 0.257 e. The number of hydrogen-bond donors (Lipinski definition) is 2. The number of aromatic nitrogens is 1. The molecule has 1 amide bonds. The maximum Gasteiger partial charge on any atom is 0.257 e. The summed E-state index contributed by atoms with van der Waals surface area (Å²) in [5.41, 5.74) is 0.850. The number of Topliss-reactive ketones (excluding diaryl/α,β-unsaturated/α-hetero) is 1. The van der Waals surface area contributed by atoms with E-state index in [1.54, 1.807) is 28.6 Å². The molecule has 0 radical (unpaired) electrons. The molecule has 2 heterocycles. The zero-order chi connectivity index (χ0) is 19.0. The Morgan fingerprint density at radius 3 is 2.65 bits per heavy atom. The highest BCUT2D eigenvalue weighted by atomic mass is 127. The van der Waals surface area contributed by atoms with Gasteiger partial charge in [-0.25, -0.2) is 4.39 Å². The fourth-order valence-corrected chi connectivity index (χ4v) is 3.52. The summed E-state index contributed by atoms with van der Waals surface area (Å²) in [5.74, 6) is -0.587. The second-order valence-corrected chi connectivity index (χ2v) is 7.60. The molecule has 1 fully saturated rings. The zero-order valence-corrected chi connectivity index (χ0v) is 16.6. The Kier molecular flexibility index (Phi) is 5.33. The van der Waals surface area contributed by atoms with Crippen molar-refractivity contribution in [3.05, 3.63) is 44.9 Å². The van der Waals surface area contributed by atoms with Gasteiger partial charge >= 0.3 is 0 Å². The summed E-state index contributed by atoms with van der Waals surface area (Å²) in [6, 6.07) is 6.24.